The van der Waals surface area contributed by atoms with Gasteiger partial charge in [0, 0.05) is 30.6 Å². The zero-order chi connectivity index (χ0) is 23.5. The lowest BCUT2D eigenvalue weighted by Gasteiger charge is -2.30. The number of carbonyl (C=O) groups is 4. The lowest BCUT2D eigenvalue weighted by Crippen LogP contribution is -2.43. The molecule has 8 nitrogen and oxygen atoms in total. The summed E-state index contributed by atoms with van der Waals surface area (Å²) in [6.07, 6.45) is 4.91. The van der Waals surface area contributed by atoms with E-state index in [1.165, 1.54) is 6.08 Å². The van der Waals surface area contributed by atoms with Gasteiger partial charge in [-0.3, -0.25) is 19.7 Å². The van der Waals surface area contributed by atoms with Gasteiger partial charge in [0.05, 0.1) is 5.92 Å². The Kier molecular flexibility index (Phi) is 9.19. The molecule has 4 amide bonds. The lowest BCUT2D eigenvalue weighted by molar-refractivity contribution is -0.154. The molecule has 2 aromatic rings. The van der Waals surface area contributed by atoms with E-state index in [1.54, 1.807) is 22.3 Å². The highest BCUT2D eigenvalue weighted by atomic mass is 32.1. The number of ether oxygens (including phenoxy) is 1. The van der Waals surface area contributed by atoms with E-state index in [-0.39, 0.29) is 11.8 Å². The van der Waals surface area contributed by atoms with Crippen LogP contribution in [0.3, 0.4) is 0 Å². The van der Waals surface area contributed by atoms with Gasteiger partial charge in [-0.2, -0.15) is 0 Å². The molecular formula is C24H27N3O5S. The van der Waals surface area contributed by atoms with Gasteiger partial charge in [-0.25, -0.2) is 4.79 Å². The fraction of sp³-hybridized carbons (Fsp3) is 0.333. The summed E-state index contributed by atoms with van der Waals surface area (Å²) in [7, 11) is 0. The van der Waals surface area contributed by atoms with E-state index >= 15 is 0 Å². The van der Waals surface area contributed by atoms with Crippen LogP contribution in [-0.2, 0) is 25.5 Å². The van der Waals surface area contributed by atoms with Crippen molar-refractivity contribution in [2.45, 2.75) is 19.3 Å². The Morgan fingerprint density at radius 2 is 1.82 bits per heavy atom. The smallest absolute Gasteiger partial charge is 0.321 e. The molecule has 1 saturated heterocycles. The van der Waals surface area contributed by atoms with Gasteiger partial charge in [0.1, 0.15) is 0 Å². The summed E-state index contributed by atoms with van der Waals surface area (Å²) in [6, 6.07) is 12.8. The van der Waals surface area contributed by atoms with Crippen molar-refractivity contribution in [2.24, 2.45) is 5.92 Å². The Morgan fingerprint density at radius 3 is 2.52 bits per heavy atom. The summed E-state index contributed by atoms with van der Waals surface area (Å²) in [5.41, 5.74) is 0.943. The molecule has 0 spiro atoms. The van der Waals surface area contributed by atoms with Crippen LogP contribution in [0.4, 0.5) is 4.79 Å². The molecule has 1 aliphatic heterocycles. The van der Waals surface area contributed by atoms with E-state index in [1.807, 2.05) is 47.8 Å². The van der Waals surface area contributed by atoms with Crippen LogP contribution in [0.5, 0.6) is 0 Å². The van der Waals surface area contributed by atoms with Gasteiger partial charge in [0.25, 0.3) is 5.91 Å². The van der Waals surface area contributed by atoms with E-state index in [2.05, 4.69) is 10.6 Å². The van der Waals surface area contributed by atoms with Crippen molar-refractivity contribution < 1.29 is 23.9 Å². The number of esters is 1. The molecule has 3 rings (SSSR count). The molecule has 0 bridgehead atoms. The molecule has 2 N–H and O–H groups in total. The first-order chi connectivity index (χ1) is 16.0. The number of thiophene rings is 1. The number of carbonyl (C=O) groups excluding carboxylic acids is 4. The third-order valence-electron chi connectivity index (χ3n) is 5.19. The highest BCUT2D eigenvalue weighted by Crippen LogP contribution is 2.19. The number of hydrogen-bond donors (Lipinski definition) is 2. The maximum absolute atomic E-state index is 12.3. The van der Waals surface area contributed by atoms with Crippen molar-refractivity contribution in [2.75, 3.05) is 26.2 Å². The van der Waals surface area contributed by atoms with Crippen LogP contribution in [0.25, 0.3) is 6.08 Å². The highest BCUT2D eigenvalue weighted by molar-refractivity contribution is 7.09. The Morgan fingerprint density at radius 1 is 1.06 bits per heavy atom. The zero-order valence-electron chi connectivity index (χ0n) is 18.2. The van der Waals surface area contributed by atoms with Gasteiger partial charge in [-0.1, -0.05) is 36.4 Å². The summed E-state index contributed by atoms with van der Waals surface area (Å²) in [5.74, 6) is -1.65. The molecule has 1 aromatic carbocycles. The maximum Gasteiger partial charge on any atom is 0.321 e. The van der Waals surface area contributed by atoms with Crippen molar-refractivity contribution in [3.8, 4) is 0 Å². The first kappa shape index (κ1) is 24.2. The molecule has 1 aliphatic rings. The number of piperidine rings is 1. The molecule has 0 aliphatic carbocycles. The standard InChI is InChI=1S/C24H27N3O5S/c28-21(26-24(31)25-13-10-20-7-4-16-33-20)17-32-23(30)19-11-14-27(15-12-19)22(29)9-8-18-5-2-1-3-6-18/h1-9,16,19H,10-15,17H2,(H2,25,26,28,31)/b9-8+. The van der Waals surface area contributed by atoms with Crippen LogP contribution in [-0.4, -0.2) is 55.0 Å². The third kappa shape index (κ3) is 8.19. The number of rotatable bonds is 8. The second kappa shape index (κ2) is 12.5. The van der Waals surface area contributed by atoms with Gasteiger partial charge < -0.3 is 15.0 Å². The van der Waals surface area contributed by atoms with Gasteiger partial charge in [-0.15, -0.1) is 11.3 Å². The Hall–Kier alpha value is -3.46. The number of likely N-dealkylation sites (tertiary alicyclic amines) is 1. The van der Waals surface area contributed by atoms with Crippen LogP contribution in [0.2, 0.25) is 0 Å². The van der Waals surface area contributed by atoms with E-state index in [4.69, 9.17) is 4.74 Å². The van der Waals surface area contributed by atoms with E-state index in [0.29, 0.717) is 38.9 Å². The Labute approximate surface area is 196 Å². The second-order valence-electron chi connectivity index (χ2n) is 7.58. The fourth-order valence-corrected chi connectivity index (χ4v) is 4.10. The van der Waals surface area contributed by atoms with E-state index < -0.39 is 24.5 Å². The number of urea groups is 1. The molecule has 33 heavy (non-hydrogen) atoms. The number of hydrogen-bond acceptors (Lipinski definition) is 6. The normalized spacial score (nSPS) is 14.1. The highest BCUT2D eigenvalue weighted by Gasteiger charge is 2.28. The molecule has 1 fully saturated rings. The molecular weight excluding hydrogens is 442 g/mol. The number of amides is 4. The monoisotopic (exact) mass is 469 g/mol. The lowest BCUT2D eigenvalue weighted by atomic mass is 9.97. The van der Waals surface area contributed by atoms with Crippen LogP contribution in [0.1, 0.15) is 23.3 Å². The van der Waals surface area contributed by atoms with Gasteiger partial charge in [0.2, 0.25) is 5.91 Å². The minimum absolute atomic E-state index is 0.102. The third-order valence-corrected chi connectivity index (χ3v) is 6.13. The van der Waals surface area contributed by atoms with Crippen LogP contribution in [0, 0.1) is 5.92 Å². The fourth-order valence-electron chi connectivity index (χ4n) is 3.39. The molecule has 2 heterocycles. The maximum atomic E-state index is 12.3. The average Bonchev–Trinajstić information content (AvgIpc) is 3.35. The quantitative estimate of drug-likeness (QED) is 0.457. The Bertz CT molecular complexity index is 967. The molecule has 174 valence electrons. The molecule has 0 radical (unpaired) electrons. The van der Waals surface area contributed by atoms with Crippen LogP contribution >= 0.6 is 11.3 Å². The number of benzene rings is 1. The van der Waals surface area contributed by atoms with Crippen molar-refractivity contribution >= 4 is 41.2 Å². The van der Waals surface area contributed by atoms with Gasteiger partial charge >= 0.3 is 12.0 Å². The topological polar surface area (TPSA) is 105 Å². The summed E-state index contributed by atoms with van der Waals surface area (Å²) in [6.45, 7) is 0.764. The van der Waals surface area contributed by atoms with Crippen molar-refractivity contribution in [1.29, 1.82) is 0 Å². The largest absolute Gasteiger partial charge is 0.455 e. The predicted molar refractivity (Wildman–Crippen MR) is 125 cm³/mol. The molecule has 0 saturated carbocycles. The second-order valence-corrected chi connectivity index (χ2v) is 8.62. The van der Waals surface area contributed by atoms with E-state index in [0.717, 1.165) is 10.4 Å². The Balaban J connectivity index is 1.30. The summed E-state index contributed by atoms with van der Waals surface area (Å²) in [5, 5.41) is 6.69. The number of nitrogens with one attached hydrogen (secondary N) is 2. The summed E-state index contributed by atoms with van der Waals surface area (Å²) < 4.78 is 5.06. The summed E-state index contributed by atoms with van der Waals surface area (Å²) in [4.78, 5) is 51.0. The average molecular weight is 470 g/mol. The van der Waals surface area contributed by atoms with Crippen LogP contribution < -0.4 is 10.6 Å². The predicted octanol–water partition coefficient (Wildman–Crippen LogP) is 2.61. The number of imide groups is 1. The summed E-state index contributed by atoms with van der Waals surface area (Å²) >= 11 is 1.60. The number of nitrogens with zero attached hydrogens (tertiary/aromatic N) is 1. The van der Waals surface area contributed by atoms with Crippen molar-refractivity contribution in [1.82, 2.24) is 15.5 Å². The SMILES string of the molecule is O=C(COC(=O)C1CCN(C(=O)/C=C/c2ccccc2)CC1)NC(=O)NCCc1cccs1. The molecule has 0 atom stereocenters. The van der Waals surface area contributed by atoms with Crippen molar-refractivity contribution in [3.05, 3.63) is 64.4 Å². The van der Waals surface area contributed by atoms with Gasteiger partial charge in [0.15, 0.2) is 6.61 Å². The molecule has 9 heteroatoms. The molecule has 0 unspecified atom stereocenters. The first-order valence-corrected chi connectivity index (χ1v) is 11.7. The van der Waals surface area contributed by atoms with E-state index in [9.17, 15) is 19.2 Å². The van der Waals surface area contributed by atoms with Gasteiger partial charge in [-0.05, 0) is 42.3 Å². The zero-order valence-corrected chi connectivity index (χ0v) is 19.0. The minimum atomic E-state index is -0.685. The van der Waals surface area contributed by atoms with Crippen molar-refractivity contribution in [3.63, 3.8) is 0 Å². The van der Waals surface area contributed by atoms with Crippen LogP contribution in [0.15, 0.2) is 53.9 Å². The molecule has 1 aromatic heterocycles. The minimum Gasteiger partial charge on any atom is -0.455 e. The first-order valence-electron chi connectivity index (χ1n) is 10.8.